The Labute approximate surface area is 105 Å². The van der Waals surface area contributed by atoms with Gasteiger partial charge in [0.1, 0.15) is 0 Å². The zero-order valence-electron chi connectivity index (χ0n) is 11.5. The molecule has 98 valence electrons. The van der Waals surface area contributed by atoms with E-state index in [0.29, 0.717) is 17.2 Å². The van der Waals surface area contributed by atoms with Gasteiger partial charge in [0.05, 0.1) is 0 Å². The van der Waals surface area contributed by atoms with Crippen LogP contribution in [0.3, 0.4) is 0 Å². The van der Waals surface area contributed by atoms with Crippen molar-refractivity contribution in [1.29, 1.82) is 0 Å². The molecule has 2 fully saturated rings. The van der Waals surface area contributed by atoms with Crippen LogP contribution in [0.2, 0.25) is 0 Å². The van der Waals surface area contributed by atoms with Crippen LogP contribution in [0, 0.1) is 17.3 Å². The summed E-state index contributed by atoms with van der Waals surface area (Å²) in [5, 5.41) is 3.26. The first-order chi connectivity index (χ1) is 8.06. The van der Waals surface area contributed by atoms with Crippen molar-refractivity contribution in [3.05, 3.63) is 0 Å². The lowest BCUT2D eigenvalue weighted by molar-refractivity contribution is -0.140. The first kappa shape index (κ1) is 12.9. The van der Waals surface area contributed by atoms with E-state index in [2.05, 4.69) is 31.0 Å². The van der Waals surface area contributed by atoms with Gasteiger partial charge in [0, 0.05) is 19.0 Å². The Kier molecular flexibility index (Phi) is 3.76. The van der Waals surface area contributed by atoms with E-state index in [4.69, 9.17) is 0 Å². The topological polar surface area (TPSA) is 32.3 Å². The van der Waals surface area contributed by atoms with Crippen LogP contribution in [-0.4, -0.2) is 37.0 Å². The van der Waals surface area contributed by atoms with Crippen molar-refractivity contribution in [3.8, 4) is 0 Å². The number of nitrogens with one attached hydrogen (secondary N) is 1. The summed E-state index contributed by atoms with van der Waals surface area (Å²) in [6.07, 6.45) is 3.62. The minimum absolute atomic E-state index is 0.204. The fourth-order valence-corrected chi connectivity index (χ4v) is 2.95. The third-order valence-electron chi connectivity index (χ3n) is 4.86. The number of hydrogen-bond acceptors (Lipinski definition) is 2. The summed E-state index contributed by atoms with van der Waals surface area (Å²) in [6.45, 7) is 10.6. The SMILES string of the molecule is CCC1(C)CCCN(C(=O)C(C)C2CNC2)C1. The third kappa shape index (κ3) is 2.65. The van der Waals surface area contributed by atoms with Gasteiger partial charge in [0.2, 0.25) is 5.91 Å². The van der Waals surface area contributed by atoms with E-state index in [1.807, 2.05) is 0 Å². The summed E-state index contributed by atoms with van der Waals surface area (Å²) in [4.78, 5) is 14.6. The number of carbonyl (C=O) groups excluding carboxylic acids is 1. The van der Waals surface area contributed by atoms with Crippen LogP contribution in [0.1, 0.15) is 40.0 Å². The van der Waals surface area contributed by atoms with Crippen LogP contribution in [0.5, 0.6) is 0 Å². The molecule has 2 unspecified atom stereocenters. The summed E-state index contributed by atoms with van der Waals surface area (Å²) < 4.78 is 0. The molecule has 0 spiro atoms. The maximum Gasteiger partial charge on any atom is 0.225 e. The molecular weight excluding hydrogens is 212 g/mol. The lowest BCUT2D eigenvalue weighted by atomic mass is 9.78. The van der Waals surface area contributed by atoms with E-state index >= 15 is 0 Å². The van der Waals surface area contributed by atoms with E-state index < -0.39 is 0 Å². The minimum atomic E-state index is 0.204. The molecule has 2 atom stereocenters. The van der Waals surface area contributed by atoms with E-state index in [1.54, 1.807) is 0 Å². The predicted molar refractivity (Wildman–Crippen MR) is 69.7 cm³/mol. The summed E-state index contributed by atoms with van der Waals surface area (Å²) >= 11 is 0. The second kappa shape index (κ2) is 4.97. The average Bonchev–Trinajstić information content (AvgIpc) is 2.26. The van der Waals surface area contributed by atoms with Gasteiger partial charge in [-0.2, -0.15) is 0 Å². The van der Waals surface area contributed by atoms with Crippen molar-refractivity contribution in [2.45, 2.75) is 40.0 Å². The van der Waals surface area contributed by atoms with Gasteiger partial charge in [-0.15, -0.1) is 0 Å². The smallest absolute Gasteiger partial charge is 0.225 e. The van der Waals surface area contributed by atoms with Gasteiger partial charge >= 0.3 is 0 Å². The highest BCUT2D eigenvalue weighted by Gasteiger charge is 2.36. The fourth-order valence-electron chi connectivity index (χ4n) is 2.95. The van der Waals surface area contributed by atoms with Crippen molar-refractivity contribution < 1.29 is 4.79 Å². The lowest BCUT2D eigenvalue weighted by Crippen LogP contribution is -2.53. The molecule has 2 heterocycles. The van der Waals surface area contributed by atoms with E-state index in [-0.39, 0.29) is 5.92 Å². The molecular formula is C14H26N2O. The molecule has 0 aromatic rings. The average molecular weight is 238 g/mol. The molecule has 2 aliphatic heterocycles. The molecule has 0 radical (unpaired) electrons. The molecule has 3 heteroatoms. The Hall–Kier alpha value is -0.570. The second-order valence-corrected chi connectivity index (χ2v) is 6.23. The monoisotopic (exact) mass is 238 g/mol. The van der Waals surface area contributed by atoms with Crippen molar-refractivity contribution in [2.24, 2.45) is 17.3 Å². The highest BCUT2D eigenvalue weighted by atomic mass is 16.2. The number of rotatable bonds is 3. The van der Waals surface area contributed by atoms with Crippen molar-refractivity contribution in [2.75, 3.05) is 26.2 Å². The predicted octanol–water partition coefficient (Wildman–Crippen LogP) is 1.88. The van der Waals surface area contributed by atoms with Crippen LogP contribution >= 0.6 is 0 Å². The molecule has 1 amide bonds. The summed E-state index contributed by atoms with van der Waals surface area (Å²) in [5.41, 5.74) is 0.353. The van der Waals surface area contributed by atoms with Crippen LogP contribution in [0.15, 0.2) is 0 Å². The Bertz CT molecular complexity index is 288. The minimum Gasteiger partial charge on any atom is -0.342 e. The lowest BCUT2D eigenvalue weighted by Gasteiger charge is -2.42. The molecule has 0 aliphatic carbocycles. The van der Waals surface area contributed by atoms with E-state index in [9.17, 15) is 4.79 Å². The summed E-state index contributed by atoms with van der Waals surface area (Å²) in [6, 6.07) is 0. The normalized spacial score (nSPS) is 32.1. The largest absolute Gasteiger partial charge is 0.342 e. The standard InChI is InChI=1S/C14H26N2O/c1-4-14(3)6-5-7-16(10-14)13(17)11(2)12-8-15-9-12/h11-12,15H,4-10H2,1-3H3. The van der Waals surface area contributed by atoms with Crippen LogP contribution < -0.4 is 5.32 Å². The van der Waals surface area contributed by atoms with E-state index in [1.165, 1.54) is 19.3 Å². The molecule has 0 bridgehead atoms. The number of likely N-dealkylation sites (tertiary alicyclic amines) is 1. The van der Waals surface area contributed by atoms with E-state index in [0.717, 1.165) is 26.2 Å². The molecule has 2 aliphatic rings. The van der Waals surface area contributed by atoms with Gasteiger partial charge in [0.15, 0.2) is 0 Å². The van der Waals surface area contributed by atoms with Crippen LogP contribution in [0.4, 0.5) is 0 Å². The summed E-state index contributed by atoms with van der Waals surface area (Å²) in [5.74, 6) is 1.16. The Morgan fingerprint density at radius 3 is 2.76 bits per heavy atom. The second-order valence-electron chi connectivity index (χ2n) is 6.23. The first-order valence-corrected chi connectivity index (χ1v) is 7.05. The third-order valence-corrected chi connectivity index (χ3v) is 4.86. The van der Waals surface area contributed by atoms with Crippen LogP contribution in [0.25, 0.3) is 0 Å². The number of nitrogens with zero attached hydrogens (tertiary/aromatic N) is 1. The molecule has 17 heavy (non-hydrogen) atoms. The van der Waals surface area contributed by atoms with Gasteiger partial charge in [-0.05, 0) is 43.7 Å². The molecule has 3 nitrogen and oxygen atoms in total. The Morgan fingerprint density at radius 1 is 1.53 bits per heavy atom. The summed E-state index contributed by atoms with van der Waals surface area (Å²) in [7, 11) is 0. The van der Waals surface area contributed by atoms with Gasteiger partial charge in [0.25, 0.3) is 0 Å². The van der Waals surface area contributed by atoms with Crippen molar-refractivity contribution in [3.63, 3.8) is 0 Å². The Morgan fingerprint density at radius 2 is 2.24 bits per heavy atom. The highest BCUT2D eigenvalue weighted by molar-refractivity contribution is 5.79. The van der Waals surface area contributed by atoms with Gasteiger partial charge in [-0.3, -0.25) is 4.79 Å². The zero-order chi connectivity index (χ0) is 12.5. The van der Waals surface area contributed by atoms with Gasteiger partial charge in [-0.1, -0.05) is 20.8 Å². The van der Waals surface area contributed by atoms with Crippen LogP contribution in [-0.2, 0) is 4.79 Å². The van der Waals surface area contributed by atoms with Crippen molar-refractivity contribution in [1.82, 2.24) is 10.2 Å². The molecule has 2 saturated heterocycles. The molecule has 0 aromatic carbocycles. The number of amides is 1. The quantitative estimate of drug-likeness (QED) is 0.814. The zero-order valence-corrected chi connectivity index (χ0v) is 11.5. The molecule has 1 N–H and O–H groups in total. The van der Waals surface area contributed by atoms with Gasteiger partial charge < -0.3 is 10.2 Å². The maximum absolute atomic E-state index is 12.4. The van der Waals surface area contributed by atoms with Gasteiger partial charge in [-0.25, -0.2) is 0 Å². The fraction of sp³-hybridized carbons (Fsp3) is 0.929. The Balaban J connectivity index is 1.94. The maximum atomic E-state index is 12.4. The number of carbonyl (C=O) groups is 1. The molecule has 0 aromatic heterocycles. The number of hydrogen-bond donors (Lipinski definition) is 1. The molecule has 2 rings (SSSR count). The first-order valence-electron chi connectivity index (χ1n) is 7.05. The number of piperidine rings is 1. The molecule has 0 saturated carbocycles. The van der Waals surface area contributed by atoms with Crippen molar-refractivity contribution >= 4 is 5.91 Å². The highest BCUT2D eigenvalue weighted by Crippen LogP contribution is 2.33.